The molecule has 6 nitrogen and oxygen atoms in total. The molecule has 0 atom stereocenters. The number of rotatable bonds is 7. The first-order valence-electron chi connectivity index (χ1n) is 10.7. The standard InChI is InChI=1S/C24H27N3O3/c28-22(18-8-2-1-3-9-18)25-19-12-16-26(17-13-19)14-6-7-15-27-23(29)20-10-4-5-11-21(20)24(27)30/h1-5,8-11,19H,6-7,12-17H2,(H,25,28). The Morgan fingerprint density at radius 2 is 1.40 bits per heavy atom. The van der Waals surface area contributed by atoms with E-state index >= 15 is 0 Å². The van der Waals surface area contributed by atoms with Crippen LogP contribution in [0.15, 0.2) is 54.6 Å². The minimum absolute atomic E-state index is 0.00464. The molecule has 0 radical (unpaired) electrons. The van der Waals surface area contributed by atoms with E-state index in [0.717, 1.165) is 45.3 Å². The van der Waals surface area contributed by atoms with Crippen molar-refractivity contribution in [1.82, 2.24) is 15.1 Å². The van der Waals surface area contributed by atoms with Crippen LogP contribution in [-0.2, 0) is 0 Å². The van der Waals surface area contributed by atoms with E-state index in [4.69, 9.17) is 0 Å². The SMILES string of the molecule is O=C(NC1CCN(CCCCN2C(=O)c3ccccc3C2=O)CC1)c1ccccc1. The Kier molecular flexibility index (Phi) is 6.23. The van der Waals surface area contributed by atoms with Gasteiger partial charge >= 0.3 is 0 Å². The van der Waals surface area contributed by atoms with Crippen LogP contribution in [0.25, 0.3) is 0 Å². The van der Waals surface area contributed by atoms with Gasteiger partial charge in [0.2, 0.25) is 0 Å². The minimum Gasteiger partial charge on any atom is -0.349 e. The van der Waals surface area contributed by atoms with Crippen molar-refractivity contribution in [3.63, 3.8) is 0 Å². The van der Waals surface area contributed by atoms with Gasteiger partial charge in [0.1, 0.15) is 0 Å². The minimum atomic E-state index is -0.175. The maximum Gasteiger partial charge on any atom is 0.261 e. The van der Waals surface area contributed by atoms with Crippen molar-refractivity contribution in [2.45, 2.75) is 31.7 Å². The van der Waals surface area contributed by atoms with Crippen molar-refractivity contribution in [1.29, 1.82) is 0 Å². The summed E-state index contributed by atoms with van der Waals surface area (Å²) >= 11 is 0. The van der Waals surface area contributed by atoms with Gasteiger partial charge in [0.15, 0.2) is 0 Å². The average molecular weight is 405 g/mol. The zero-order valence-corrected chi connectivity index (χ0v) is 17.0. The summed E-state index contributed by atoms with van der Waals surface area (Å²) in [6, 6.07) is 16.6. The van der Waals surface area contributed by atoms with E-state index in [1.165, 1.54) is 4.90 Å². The number of carbonyl (C=O) groups is 3. The summed E-state index contributed by atoms with van der Waals surface area (Å²) in [5, 5.41) is 3.13. The Morgan fingerprint density at radius 3 is 2.03 bits per heavy atom. The van der Waals surface area contributed by atoms with E-state index in [9.17, 15) is 14.4 Å². The lowest BCUT2D eigenvalue weighted by molar-refractivity contribution is 0.0648. The van der Waals surface area contributed by atoms with E-state index in [0.29, 0.717) is 23.2 Å². The Balaban J connectivity index is 1.15. The van der Waals surface area contributed by atoms with Crippen LogP contribution in [0.5, 0.6) is 0 Å². The monoisotopic (exact) mass is 405 g/mol. The van der Waals surface area contributed by atoms with E-state index < -0.39 is 0 Å². The number of hydrogen-bond donors (Lipinski definition) is 1. The molecular weight excluding hydrogens is 378 g/mol. The zero-order valence-electron chi connectivity index (χ0n) is 17.0. The first-order valence-corrected chi connectivity index (χ1v) is 10.7. The fourth-order valence-electron chi connectivity index (χ4n) is 4.21. The molecule has 0 spiro atoms. The molecule has 0 bridgehead atoms. The summed E-state index contributed by atoms with van der Waals surface area (Å²) in [5.74, 6) is -0.355. The highest BCUT2D eigenvalue weighted by molar-refractivity contribution is 6.21. The molecule has 0 saturated carbocycles. The van der Waals surface area contributed by atoms with Crippen molar-refractivity contribution in [2.75, 3.05) is 26.2 Å². The maximum absolute atomic E-state index is 12.4. The lowest BCUT2D eigenvalue weighted by atomic mass is 10.0. The van der Waals surface area contributed by atoms with Crippen molar-refractivity contribution in [2.24, 2.45) is 0 Å². The number of fused-ring (bicyclic) bond motifs is 1. The quantitative estimate of drug-likeness (QED) is 0.568. The molecule has 0 unspecified atom stereocenters. The molecule has 2 aliphatic heterocycles. The summed E-state index contributed by atoms with van der Waals surface area (Å²) in [5.41, 5.74) is 1.73. The highest BCUT2D eigenvalue weighted by Gasteiger charge is 2.34. The predicted molar refractivity (Wildman–Crippen MR) is 114 cm³/mol. The van der Waals surface area contributed by atoms with Gasteiger partial charge in [-0.3, -0.25) is 19.3 Å². The van der Waals surface area contributed by atoms with Crippen LogP contribution in [0.3, 0.4) is 0 Å². The van der Waals surface area contributed by atoms with Gasteiger partial charge in [0, 0.05) is 31.2 Å². The zero-order chi connectivity index (χ0) is 20.9. The topological polar surface area (TPSA) is 69.7 Å². The van der Waals surface area contributed by atoms with Crippen molar-refractivity contribution >= 4 is 17.7 Å². The molecular formula is C24H27N3O3. The van der Waals surface area contributed by atoms with Crippen LogP contribution in [0.1, 0.15) is 56.8 Å². The Morgan fingerprint density at radius 1 is 0.833 bits per heavy atom. The number of piperidine rings is 1. The second kappa shape index (κ2) is 9.22. The Bertz CT molecular complexity index is 885. The van der Waals surface area contributed by atoms with Gasteiger partial charge < -0.3 is 10.2 Å². The number of nitrogens with one attached hydrogen (secondary N) is 1. The van der Waals surface area contributed by atoms with E-state index in [1.807, 2.05) is 30.3 Å². The van der Waals surface area contributed by atoms with Crippen LogP contribution in [-0.4, -0.2) is 59.7 Å². The molecule has 30 heavy (non-hydrogen) atoms. The van der Waals surface area contributed by atoms with Crippen LogP contribution >= 0.6 is 0 Å². The molecule has 2 aromatic carbocycles. The lowest BCUT2D eigenvalue weighted by Crippen LogP contribution is -2.44. The van der Waals surface area contributed by atoms with Crippen molar-refractivity contribution < 1.29 is 14.4 Å². The third kappa shape index (κ3) is 4.44. The summed E-state index contributed by atoms with van der Waals surface area (Å²) in [6.07, 6.45) is 3.62. The normalized spacial score (nSPS) is 17.3. The number of amides is 3. The van der Waals surface area contributed by atoms with E-state index in [1.54, 1.807) is 24.3 Å². The first kappa shape index (κ1) is 20.3. The maximum atomic E-state index is 12.4. The lowest BCUT2D eigenvalue weighted by Gasteiger charge is -2.32. The van der Waals surface area contributed by atoms with Crippen LogP contribution in [0.2, 0.25) is 0 Å². The van der Waals surface area contributed by atoms with Gasteiger partial charge in [-0.2, -0.15) is 0 Å². The number of nitrogens with zero attached hydrogens (tertiary/aromatic N) is 2. The summed E-state index contributed by atoms with van der Waals surface area (Å²) < 4.78 is 0. The van der Waals surface area contributed by atoms with Crippen molar-refractivity contribution in [3.05, 3.63) is 71.3 Å². The Hall–Kier alpha value is -2.99. The van der Waals surface area contributed by atoms with Gasteiger partial charge in [-0.25, -0.2) is 0 Å². The molecule has 0 aromatic heterocycles. The van der Waals surface area contributed by atoms with Crippen molar-refractivity contribution in [3.8, 4) is 0 Å². The molecule has 2 aliphatic rings. The van der Waals surface area contributed by atoms with Crippen LogP contribution in [0, 0.1) is 0 Å². The number of benzene rings is 2. The fraction of sp³-hybridized carbons (Fsp3) is 0.375. The second-order valence-electron chi connectivity index (χ2n) is 7.97. The molecule has 6 heteroatoms. The molecule has 1 N–H and O–H groups in total. The molecule has 156 valence electrons. The van der Waals surface area contributed by atoms with Gasteiger partial charge in [-0.15, -0.1) is 0 Å². The summed E-state index contributed by atoms with van der Waals surface area (Å²) in [7, 11) is 0. The molecule has 2 aromatic rings. The van der Waals surface area contributed by atoms with E-state index in [-0.39, 0.29) is 23.8 Å². The van der Waals surface area contributed by atoms with Gasteiger partial charge in [-0.1, -0.05) is 30.3 Å². The highest BCUT2D eigenvalue weighted by atomic mass is 16.2. The largest absolute Gasteiger partial charge is 0.349 e. The summed E-state index contributed by atoms with van der Waals surface area (Å²) in [4.78, 5) is 40.8. The molecule has 1 saturated heterocycles. The van der Waals surface area contributed by atoms with Gasteiger partial charge in [-0.05, 0) is 56.5 Å². The second-order valence-corrected chi connectivity index (χ2v) is 7.97. The highest BCUT2D eigenvalue weighted by Crippen LogP contribution is 2.22. The number of imide groups is 1. The fourth-order valence-corrected chi connectivity index (χ4v) is 4.21. The smallest absolute Gasteiger partial charge is 0.261 e. The molecule has 4 rings (SSSR count). The van der Waals surface area contributed by atoms with Gasteiger partial charge in [0.25, 0.3) is 17.7 Å². The summed E-state index contributed by atoms with van der Waals surface area (Å²) in [6.45, 7) is 3.32. The number of carbonyl (C=O) groups excluding carboxylic acids is 3. The Labute approximate surface area is 176 Å². The van der Waals surface area contributed by atoms with Crippen LogP contribution in [0.4, 0.5) is 0 Å². The third-order valence-electron chi connectivity index (χ3n) is 5.94. The number of hydrogen-bond acceptors (Lipinski definition) is 4. The third-order valence-corrected chi connectivity index (χ3v) is 5.94. The molecule has 1 fully saturated rings. The van der Waals surface area contributed by atoms with Gasteiger partial charge in [0.05, 0.1) is 11.1 Å². The van der Waals surface area contributed by atoms with Crippen LogP contribution < -0.4 is 5.32 Å². The average Bonchev–Trinajstić information content (AvgIpc) is 3.03. The number of unbranched alkanes of at least 4 members (excludes halogenated alkanes) is 1. The van der Waals surface area contributed by atoms with E-state index in [2.05, 4.69) is 10.2 Å². The molecule has 3 amide bonds. The predicted octanol–water partition coefficient (Wildman–Crippen LogP) is 2.96. The first-order chi connectivity index (χ1) is 14.6. The number of likely N-dealkylation sites (tertiary alicyclic amines) is 1. The molecule has 2 heterocycles. The molecule has 0 aliphatic carbocycles.